The van der Waals surface area contributed by atoms with Crippen LogP contribution >= 0.6 is 0 Å². The van der Waals surface area contributed by atoms with Gasteiger partial charge < -0.3 is 20.0 Å². The highest BCUT2D eigenvalue weighted by Crippen LogP contribution is 2.23. The first-order valence-electron chi connectivity index (χ1n) is 14.9. The third kappa shape index (κ3) is 8.42. The van der Waals surface area contributed by atoms with Crippen molar-refractivity contribution in [3.05, 3.63) is 90.2 Å². The molecule has 1 aliphatic rings. The fourth-order valence-corrected chi connectivity index (χ4v) is 6.27. The molecule has 0 radical (unpaired) electrons. The highest BCUT2D eigenvalue weighted by atomic mass is 32.2. The van der Waals surface area contributed by atoms with Crippen molar-refractivity contribution in [2.24, 2.45) is 4.99 Å². The van der Waals surface area contributed by atoms with E-state index in [-0.39, 0.29) is 29.2 Å². The van der Waals surface area contributed by atoms with E-state index in [9.17, 15) is 23.3 Å². The average Bonchev–Trinajstić information content (AvgIpc) is 3.33. The SMILES string of the molecule is Cc1cc2cc(NC(=N[C@H]3CCCCN(CC(=O)NCCc4ccc(NS(=O)(=O)c5ccccc5)cc4)C3=O)NC#N)ccc2o1. The van der Waals surface area contributed by atoms with Crippen molar-refractivity contribution < 1.29 is 22.4 Å². The second-order valence-electron chi connectivity index (χ2n) is 10.9. The van der Waals surface area contributed by atoms with Gasteiger partial charge in [0.15, 0.2) is 6.19 Å². The quantitative estimate of drug-likeness (QED) is 0.0868. The van der Waals surface area contributed by atoms with Gasteiger partial charge >= 0.3 is 0 Å². The maximum Gasteiger partial charge on any atom is 0.261 e. The minimum atomic E-state index is -3.68. The summed E-state index contributed by atoms with van der Waals surface area (Å²) in [5, 5.41) is 18.7. The van der Waals surface area contributed by atoms with Crippen molar-refractivity contribution >= 4 is 50.1 Å². The van der Waals surface area contributed by atoms with E-state index >= 15 is 0 Å². The van der Waals surface area contributed by atoms with Crippen molar-refractivity contribution in [1.82, 2.24) is 15.5 Å². The third-order valence-electron chi connectivity index (χ3n) is 7.44. The summed E-state index contributed by atoms with van der Waals surface area (Å²) in [5.74, 6) is 0.361. The molecule has 1 fully saturated rings. The molecule has 0 aliphatic carbocycles. The number of aryl methyl sites for hydroxylation is 1. The van der Waals surface area contributed by atoms with Crippen LogP contribution in [0.3, 0.4) is 0 Å². The van der Waals surface area contributed by atoms with Crippen LogP contribution in [-0.4, -0.2) is 56.8 Å². The van der Waals surface area contributed by atoms with Gasteiger partial charge in [-0.3, -0.25) is 19.6 Å². The second kappa shape index (κ2) is 14.6. The van der Waals surface area contributed by atoms with Crippen molar-refractivity contribution in [3.8, 4) is 6.19 Å². The number of fused-ring (bicyclic) bond motifs is 1. The summed E-state index contributed by atoms with van der Waals surface area (Å²) in [6.45, 7) is 2.54. The van der Waals surface area contributed by atoms with Crippen LogP contribution in [0.5, 0.6) is 0 Å². The number of likely N-dealkylation sites (tertiary alicyclic amines) is 1. The summed E-state index contributed by atoms with van der Waals surface area (Å²) in [4.78, 5) is 32.4. The monoisotopic (exact) mass is 641 g/mol. The van der Waals surface area contributed by atoms with Crippen molar-refractivity contribution in [3.63, 3.8) is 0 Å². The Morgan fingerprint density at radius 3 is 2.57 bits per heavy atom. The smallest absolute Gasteiger partial charge is 0.261 e. The molecule has 1 aromatic heterocycles. The number of guanidine groups is 1. The number of furan rings is 1. The van der Waals surface area contributed by atoms with E-state index < -0.39 is 16.1 Å². The third-order valence-corrected chi connectivity index (χ3v) is 8.84. The van der Waals surface area contributed by atoms with Crippen LogP contribution in [-0.2, 0) is 26.0 Å². The van der Waals surface area contributed by atoms with E-state index in [0.717, 1.165) is 35.1 Å². The van der Waals surface area contributed by atoms with Gasteiger partial charge in [-0.15, -0.1) is 0 Å². The van der Waals surface area contributed by atoms with E-state index in [1.807, 2.05) is 31.3 Å². The molecule has 238 valence electrons. The molecule has 2 amide bonds. The predicted octanol–water partition coefficient (Wildman–Crippen LogP) is 4.12. The van der Waals surface area contributed by atoms with Crippen molar-refractivity contribution in [2.75, 3.05) is 29.7 Å². The Balaban J connectivity index is 1.13. The molecule has 4 N–H and O–H groups in total. The number of hydrogen-bond acceptors (Lipinski definition) is 7. The van der Waals surface area contributed by atoms with Crippen molar-refractivity contribution in [2.45, 2.75) is 43.5 Å². The Bertz CT molecular complexity index is 1870. The summed E-state index contributed by atoms with van der Waals surface area (Å²) >= 11 is 0. The maximum absolute atomic E-state index is 13.4. The standard InChI is InChI=1S/C33H35N7O5S/c1-23-19-25-20-27(14-15-30(25)45-23)37-33(36-22-34)38-29-9-5-6-18-40(32(29)42)21-31(41)35-17-16-24-10-12-26(13-11-24)39-46(43,44)28-7-3-2-4-8-28/h2-4,7-8,10-15,19-20,29,39H,5-6,9,16-18,21H2,1H3,(H,35,41)(H2,36,37,38)/t29-/m0/s1. The zero-order valence-corrected chi connectivity index (χ0v) is 26.1. The minimum absolute atomic E-state index is 0.101. The summed E-state index contributed by atoms with van der Waals surface area (Å²) in [6.07, 6.45) is 4.36. The number of nitrogens with one attached hydrogen (secondary N) is 4. The molecular formula is C33H35N7O5S. The second-order valence-corrected chi connectivity index (χ2v) is 12.6. The van der Waals surface area contributed by atoms with Crippen LogP contribution in [0.1, 0.15) is 30.6 Å². The fraction of sp³-hybridized carbons (Fsp3) is 0.273. The number of benzene rings is 3. The van der Waals surface area contributed by atoms with Gasteiger partial charge in [0.2, 0.25) is 17.8 Å². The first-order chi connectivity index (χ1) is 22.2. The normalized spacial score (nSPS) is 15.6. The Morgan fingerprint density at radius 1 is 1.04 bits per heavy atom. The van der Waals surface area contributed by atoms with Crippen LogP contribution in [0.4, 0.5) is 11.4 Å². The molecule has 0 bridgehead atoms. The lowest BCUT2D eigenvalue weighted by Gasteiger charge is -2.22. The Labute approximate surface area is 267 Å². The first-order valence-corrected chi connectivity index (χ1v) is 16.4. The summed E-state index contributed by atoms with van der Waals surface area (Å²) in [5.41, 5.74) is 2.77. The van der Waals surface area contributed by atoms with Crippen LogP contribution in [0.2, 0.25) is 0 Å². The molecule has 4 aromatic rings. The van der Waals surface area contributed by atoms with E-state index in [1.54, 1.807) is 48.5 Å². The Morgan fingerprint density at radius 2 is 1.80 bits per heavy atom. The molecular weight excluding hydrogens is 606 g/mol. The molecule has 46 heavy (non-hydrogen) atoms. The molecule has 5 rings (SSSR count). The van der Waals surface area contributed by atoms with Gasteiger partial charge in [0.1, 0.15) is 17.4 Å². The first kappa shape index (κ1) is 32.1. The lowest BCUT2D eigenvalue weighted by atomic mass is 10.1. The van der Waals surface area contributed by atoms with E-state index in [4.69, 9.17) is 4.42 Å². The fourth-order valence-electron chi connectivity index (χ4n) is 5.19. The number of nitriles is 1. The van der Waals surface area contributed by atoms with E-state index in [0.29, 0.717) is 37.3 Å². The largest absolute Gasteiger partial charge is 0.461 e. The zero-order valence-electron chi connectivity index (χ0n) is 25.3. The van der Waals surface area contributed by atoms with Crippen LogP contribution in [0, 0.1) is 18.4 Å². The lowest BCUT2D eigenvalue weighted by Crippen LogP contribution is -2.44. The van der Waals surface area contributed by atoms with Gasteiger partial charge in [-0.2, -0.15) is 5.26 Å². The van der Waals surface area contributed by atoms with Gasteiger partial charge in [-0.05, 0) is 86.7 Å². The van der Waals surface area contributed by atoms with Gasteiger partial charge in [-0.25, -0.2) is 13.4 Å². The maximum atomic E-state index is 13.4. The van der Waals surface area contributed by atoms with Crippen molar-refractivity contribution in [1.29, 1.82) is 5.26 Å². The number of carbonyl (C=O) groups is 2. The zero-order chi connectivity index (χ0) is 32.5. The van der Waals surface area contributed by atoms with Crippen LogP contribution in [0.15, 0.2) is 93.2 Å². The number of rotatable bonds is 10. The Hall–Kier alpha value is -5.35. The lowest BCUT2D eigenvalue weighted by molar-refractivity contribution is -0.136. The highest BCUT2D eigenvalue weighted by molar-refractivity contribution is 7.92. The number of aliphatic imine (C=N–C) groups is 1. The van der Waals surface area contributed by atoms with Crippen LogP contribution in [0.25, 0.3) is 11.0 Å². The van der Waals surface area contributed by atoms with Gasteiger partial charge in [-0.1, -0.05) is 30.3 Å². The highest BCUT2D eigenvalue weighted by Gasteiger charge is 2.28. The summed E-state index contributed by atoms with van der Waals surface area (Å²) in [6, 6.07) is 21.7. The number of anilines is 2. The molecule has 1 atom stereocenters. The number of nitrogens with zero attached hydrogens (tertiary/aromatic N) is 3. The van der Waals surface area contributed by atoms with Gasteiger partial charge in [0, 0.05) is 29.9 Å². The topological polar surface area (TPSA) is 169 Å². The summed E-state index contributed by atoms with van der Waals surface area (Å²) < 4.78 is 33.3. The molecule has 2 heterocycles. The van der Waals surface area contributed by atoms with Gasteiger partial charge in [0.25, 0.3) is 10.0 Å². The molecule has 0 unspecified atom stereocenters. The molecule has 13 heteroatoms. The average molecular weight is 642 g/mol. The number of hydrogen-bond donors (Lipinski definition) is 4. The molecule has 0 spiro atoms. The number of carbonyl (C=O) groups excluding carboxylic acids is 2. The van der Waals surface area contributed by atoms with E-state index in [2.05, 4.69) is 25.7 Å². The molecule has 3 aromatic carbocycles. The van der Waals surface area contributed by atoms with Gasteiger partial charge in [0.05, 0.1) is 11.4 Å². The molecule has 1 saturated heterocycles. The Kier molecular flexibility index (Phi) is 10.2. The molecule has 0 saturated carbocycles. The van der Waals surface area contributed by atoms with E-state index in [1.165, 1.54) is 17.0 Å². The number of sulfonamides is 1. The minimum Gasteiger partial charge on any atom is -0.461 e. The molecule has 12 nitrogen and oxygen atoms in total. The molecule has 1 aliphatic heterocycles. The summed E-state index contributed by atoms with van der Waals surface area (Å²) in [7, 11) is -3.68. The predicted molar refractivity (Wildman–Crippen MR) is 175 cm³/mol. The van der Waals surface area contributed by atoms with Crippen LogP contribution < -0.4 is 20.7 Å². The number of amides is 2.